The van der Waals surface area contributed by atoms with E-state index in [-0.39, 0.29) is 18.1 Å². The first-order chi connectivity index (χ1) is 8.99. The van der Waals surface area contributed by atoms with Crippen LogP contribution in [0.5, 0.6) is 5.75 Å². The molecular weight excluding hydrogens is 244 g/mol. The van der Waals surface area contributed by atoms with Crippen molar-refractivity contribution >= 4 is 5.91 Å². The van der Waals surface area contributed by atoms with Gasteiger partial charge in [-0.05, 0) is 31.5 Å². The van der Waals surface area contributed by atoms with Crippen molar-refractivity contribution in [3.63, 3.8) is 0 Å². The minimum atomic E-state index is -0.532. The van der Waals surface area contributed by atoms with Crippen LogP contribution < -0.4 is 15.8 Å². The topological polar surface area (TPSA) is 73.6 Å². The molecule has 106 valence electrons. The predicted molar refractivity (Wildman–Crippen MR) is 74.0 cm³/mol. The zero-order valence-corrected chi connectivity index (χ0v) is 11.8. The Hall–Kier alpha value is -1.59. The van der Waals surface area contributed by atoms with Gasteiger partial charge in [0.2, 0.25) is 5.91 Å². The summed E-state index contributed by atoms with van der Waals surface area (Å²) in [7, 11) is 3.23. The van der Waals surface area contributed by atoms with E-state index in [1.165, 1.54) is 0 Å². The molecule has 0 saturated heterocycles. The molecule has 0 fully saturated rings. The molecule has 1 rings (SSSR count). The van der Waals surface area contributed by atoms with Gasteiger partial charge in [-0.15, -0.1) is 0 Å². The van der Waals surface area contributed by atoms with Crippen molar-refractivity contribution in [3.05, 3.63) is 29.8 Å². The van der Waals surface area contributed by atoms with Crippen molar-refractivity contribution in [3.8, 4) is 5.75 Å². The van der Waals surface area contributed by atoms with Crippen molar-refractivity contribution in [1.29, 1.82) is 0 Å². The fraction of sp³-hybridized carbons (Fsp3) is 0.500. The molecule has 3 unspecified atom stereocenters. The lowest BCUT2D eigenvalue weighted by Crippen LogP contribution is -2.45. The number of hydrogen-bond donors (Lipinski definition) is 2. The lowest BCUT2D eigenvalue weighted by atomic mass is 10.0. The maximum Gasteiger partial charge on any atom is 0.236 e. The van der Waals surface area contributed by atoms with E-state index in [4.69, 9.17) is 15.2 Å². The van der Waals surface area contributed by atoms with Gasteiger partial charge in [-0.1, -0.05) is 12.1 Å². The number of benzene rings is 1. The van der Waals surface area contributed by atoms with Gasteiger partial charge in [0.1, 0.15) is 11.9 Å². The Bertz CT molecular complexity index is 404. The van der Waals surface area contributed by atoms with Gasteiger partial charge in [0.05, 0.1) is 19.2 Å². The molecule has 0 saturated carbocycles. The molecule has 0 aromatic heterocycles. The largest absolute Gasteiger partial charge is 0.497 e. The normalized spacial score (nSPS) is 15.4. The van der Waals surface area contributed by atoms with Gasteiger partial charge in [0.15, 0.2) is 0 Å². The summed E-state index contributed by atoms with van der Waals surface area (Å²) in [6.45, 7) is 3.54. The first kappa shape index (κ1) is 15.5. The highest BCUT2D eigenvalue weighted by Crippen LogP contribution is 2.23. The lowest BCUT2D eigenvalue weighted by Gasteiger charge is -2.25. The van der Waals surface area contributed by atoms with Gasteiger partial charge in [-0.25, -0.2) is 0 Å². The van der Waals surface area contributed by atoms with Crippen LogP contribution in [0.1, 0.15) is 25.5 Å². The molecule has 0 aliphatic rings. The second-order valence-corrected chi connectivity index (χ2v) is 4.52. The Balaban J connectivity index is 2.78. The zero-order chi connectivity index (χ0) is 14.4. The van der Waals surface area contributed by atoms with Crippen LogP contribution in [0.25, 0.3) is 0 Å². The molecule has 0 aliphatic heterocycles. The molecule has 0 radical (unpaired) electrons. The Morgan fingerprint density at radius 3 is 2.21 bits per heavy atom. The van der Waals surface area contributed by atoms with E-state index < -0.39 is 6.04 Å². The fourth-order valence-corrected chi connectivity index (χ4v) is 1.85. The average Bonchev–Trinajstić information content (AvgIpc) is 2.40. The van der Waals surface area contributed by atoms with Crippen LogP contribution in [-0.4, -0.2) is 32.2 Å². The van der Waals surface area contributed by atoms with Gasteiger partial charge in [0, 0.05) is 7.11 Å². The SMILES string of the molecule is COc1ccc(C(OC)C(C)NC(=O)C(C)N)cc1. The average molecular weight is 266 g/mol. The molecule has 0 aliphatic carbocycles. The van der Waals surface area contributed by atoms with Gasteiger partial charge >= 0.3 is 0 Å². The van der Waals surface area contributed by atoms with Gasteiger partial charge in [-0.2, -0.15) is 0 Å². The van der Waals surface area contributed by atoms with E-state index in [0.29, 0.717) is 0 Å². The van der Waals surface area contributed by atoms with Crippen LogP contribution in [-0.2, 0) is 9.53 Å². The van der Waals surface area contributed by atoms with E-state index >= 15 is 0 Å². The molecule has 5 heteroatoms. The fourth-order valence-electron chi connectivity index (χ4n) is 1.85. The maximum absolute atomic E-state index is 11.6. The zero-order valence-electron chi connectivity index (χ0n) is 11.8. The summed E-state index contributed by atoms with van der Waals surface area (Å²) in [5, 5.41) is 2.84. The predicted octanol–water partition coefficient (Wildman–Crippen LogP) is 1.23. The third kappa shape index (κ3) is 4.22. The van der Waals surface area contributed by atoms with Crippen LogP contribution >= 0.6 is 0 Å². The standard InChI is InChI=1S/C14H22N2O3/c1-9(15)14(17)16-10(2)13(19-4)11-5-7-12(18-3)8-6-11/h5-10,13H,15H2,1-4H3,(H,16,17). The molecule has 19 heavy (non-hydrogen) atoms. The number of nitrogens with two attached hydrogens (primary N) is 1. The molecule has 5 nitrogen and oxygen atoms in total. The molecule has 0 bridgehead atoms. The van der Waals surface area contributed by atoms with Crippen molar-refractivity contribution in [2.45, 2.75) is 32.0 Å². The molecule has 1 aromatic carbocycles. The van der Waals surface area contributed by atoms with Crippen LogP contribution in [0.15, 0.2) is 24.3 Å². The summed E-state index contributed by atoms with van der Waals surface area (Å²) < 4.78 is 10.6. The molecule has 0 heterocycles. The molecule has 1 aromatic rings. The van der Waals surface area contributed by atoms with Crippen LogP contribution in [0.2, 0.25) is 0 Å². The lowest BCUT2D eigenvalue weighted by molar-refractivity contribution is -0.123. The third-order valence-corrected chi connectivity index (χ3v) is 2.94. The first-order valence-corrected chi connectivity index (χ1v) is 6.22. The number of ether oxygens (including phenoxy) is 2. The highest BCUT2D eigenvalue weighted by atomic mass is 16.5. The number of rotatable bonds is 6. The highest BCUT2D eigenvalue weighted by molar-refractivity contribution is 5.81. The number of hydrogen-bond acceptors (Lipinski definition) is 4. The Morgan fingerprint density at radius 1 is 1.21 bits per heavy atom. The molecule has 1 amide bonds. The van der Waals surface area contributed by atoms with Crippen molar-refractivity contribution in [1.82, 2.24) is 5.32 Å². The number of carbonyl (C=O) groups excluding carboxylic acids is 1. The third-order valence-electron chi connectivity index (χ3n) is 2.94. The molecule has 3 atom stereocenters. The highest BCUT2D eigenvalue weighted by Gasteiger charge is 2.21. The second kappa shape index (κ2) is 7.11. The van der Waals surface area contributed by atoms with E-state index in [1.54, 1.807) is 21.1 Å². The van der Waals surface area contributed by atoms with Crippen molar-refractivity contribution < 1.29 is 14.3 Å². The number of methoxy groups -OCH3 is 2. The van der Waals surface area contributed by atoms with E-state index in [9.17, 15) is 4.79 Å². The monoisotopic (exact) mass is 266 g/mol. The van der Waals surface area contributed by atoms with Gasteiger partial charge in [-0.3, -0.25) is 4.79 Å². The summed E-state index contributed by atoms with van der Waals surface area (Å²) in [6.07, 6.45) is -0.228. The maximum atomic E-state index is 11.6. The van der Waals surface area contributed by atoms with Crippen LogP contribution in [0.4, 0.5) is 0 Å². The molecular formula is C14H22N2O3. The first-order valence-electron chi connectivity index (χ1n) is 6.22. The van der Waals surface area contributed by atoms with E-state index in [1.807, 2.05) is 31.2 Å². The Labute approximate surface area is 114 Å². The number of amides is 1. The smallest absolute Gasteiger partial charge is 0.236 e. The second-order valence-electron chi connectivity index (χ2n) is 4.52. The summed E-state index contributed by atoms with van der Waals surface area (Å²) in [5.41, 5.74) is 6.51. The molecule has 0 spiro atoms. The van der Waals surface area contributed by atoms with Gasteiger partial charge in [0.25, 0.3) is 0 Å². The quantitative estimate of drug-likeness (QED) is 0.812. The van der Waals surface area contributed by atoms with E-state index in [0.717, 1.165) is 11.3 Å². The summed E-state index contributed by atoms with van der Waals surface area (Å²) in [6, 6.07) is 6.86. The van der Waals surface area contributed by atoms with Crippen molar-refractivity contribution in [2.75, 3.05) is 14.2 Å². The van der Waals surface area contributed by atoms with Crippen LogP contribution in [0, 0.1) is 0 Å². The molecule has 3 N–H and O–H groups in total. The van der Waals surface area contributed by atoms with Crippen LogP contribution in [0.3, 0.4) is 0 Å². The Kier molecular flexibility index (Phi) is 5.79. The Morgan fingerprint density at radius 2 is 1.79 bits per heavy atom. The summed E-state index contributed by atoms with van der Waals surface area (Å²) in [4.78, 5) is 11.6. The number of nitrogens with one attached hydrogen (secondary N) is 1. The summed E-state index contributed by atoms with van der Waals surface area (Å²) >= 11 is 0. The minimum absolute atomic E-state index is 0.170. The number of carbonyl (C=O) groups is 1. The van der Waals surface area contributed by atoms with E-state index in [2.05, 4.69) is 5.32 Å². The van der Waals surface area contributed by atoms with Gasteiger partial charge < -0.3 is 20.5 Å². The van der Waals surface area contributed by atoms with Crippen molar-refractivity contribution in [2.24, 2.45) is 5.73 Å². The summed E-state index contributed by atoms with van der Waals surface area (Å²) in [5.74, 6) is 0.592. The minimum Gasteiger partial charge on any atom is -0.497 e.